The van der Waals surface area contributed by atoms with Gasteiger partial charge in [0.2, 0.25) is 11.8 Å². The number of amides is 5. The number of carbonyl (C=O) groups excluding carboxylic acids is 5. The summed E-state index contributed by atoms with van der Waals surface area (Å²) in [7, 11) is 7.23. The van der Waals surface area contributed by atoms with E-state index in [-0.39, 0.29) is 92.8 Å². The Morgan fingerprint density at radius 2 is 1.24 bits per heavy atom. The summed E-state index contributed by atoms with van der Waals surface area (Å²) < 4.78 is 116. The second-order valence-electron chi connectivity index (χ2n) is 25.7. The number of hydrogen-bond acceptors (Lipinski definition) is 11. The first-order valence-corrected chi connectivity index (χ1v) is 32.7. The van der Waals surface area contributed by atoms with Gasteiger partial charge >= 0.3 is 18.4 Å². The van der Waals surface area contributed by atoms with Gasteiger partial charge in [0.05, 0.1) is 29.5 Å². The van der Waals surface area contributed by atoms with Crippen LogP contribution in [0, 0.1) is 5.82 Å². The van der Waals surface area contributed by atoms with Gasteiger partial charge in [0.1, 0.15) is 30.9 Å². The molecule has 0 bridgehead atoms. The number of nitrogens with zero attached hydrogens (tertiary/aromatic N) is 7. The van der Waals surface area contributed by atoms with E-state index in [0.29, 0.717) is 126 Å². The molecular formula is C73H86Cl3F7N8O8. The molecule has 3 saturated heterocycles. The number of fused-ring (bicyclic) bond motifs is 2. The molecule has 4 aliphatic rings. The van der Waals surface area contributed by atoms with Crippen LogP contribution in [0.2, 0.25) is 0 Å². The molecule has 99 heavy (non-hydrogen) atoms. The molecule has 3 aliphatic heterocycles. The van der Waals surface area contributed by atoms with Crippen LogP contribution in [-0.2, 0) is 53.6 Å². The molecule has 3 fully saturated rings. The lowest BCUT2D eigenvalue weighted by Gasteiger charge is -2.44. The lowest BCUT2D eigenvalue weighted by molar-refractivity contribution is -0.143. The van der Waals surface area contributed by atoms with Gasteiger partial charge < -0.3 is 48.5 Å². The summed E-state index contributed by atoms with van der Waals surface area (Å²) in [6.45, 7) is 5.10. The molecule has 6 aromatic rings. The topological polar surface area (TPSA) is 148 Å². The lowest BCUT2D eigenvalue weighted by atomic mass is 9.72. The fourth-order valence-corrected chi connectivity index (χ4v) is 13.6. The van der Waals surface area contributed by atoms with Gasteiger partial charge in [-0.2, -0.15) is 26.3 Å². The number of nitrogens with one attached hydrogen (secondary N) is 1. The molecule has 26 heteroatoms. The van der Waals surface area contributed by atoms with Gasteiger partial charge in [-0.3, -0.25) is 24.5 Å². The van der Waals surface area contributed by atoms with Crippen LogP contribution in [0.5, 0.6) is 0 Å². The molecule has 0 radical (unpaired) electrons. The van der Waals surface area contributed by atoms with E-state index < -0.39 is 64.6 Å². The van der Waals surface area contributed by atoms with Gasteiger partial charge in [0, 0.05) is 115 Å². The Morgan fingerprint density at radius 1 is 0.636 bits per heavy atom. The number of likely N-dealkylation sites (N-methyl/N-ethyl adjacent to an activating group) is 2. The van der Waals surface area contributed by atoms with Crippen LogP contribution in [0.4, 0.5) is 46.9 Å². The average molecular weight is 1440 g/mol. The molecule has 1 spiro atoms. The third kappa shape index (κ3) is 19.7. The van der Waals surface area contributed by atoms with Crippen molar-refractivity contribution in [2.24, 2.45) is 0 Å². The molecule has 0 saturated carbocycles. The van der Waals surface area contributed by atoms with Crippen LogP contribution in [0.25, 0.3) is 11.1 Å². The fourth-order valence-electron chi connectivity index (χ4n) is 13.6. The van der Waals surface area contributed by atoms with Crippen molar-refractivity contribution in [2.45, 2.75) is 93.4 Å². The number of hydrogen-bond donors (Lipinski definition) is 1. The Bertz CT molecular complexity index is 3650. The van der Waals surface area contributed by atoms with Crippen LogP contribution < -0.4 is 10.2 Å². The number of halogens is 10. The average Bonchev–Trinajstić information content (AvgIpc) is 1.61. The molecule has 6 aromatic carbocycles. The summed E-state index contributed by atoms with van der Waals surface area (Å²) in [6, 6.07) is 39.3. The van der Waals surface area contributed by atoms with Crippen LogP contribution in [0.15, 0.2) is 146 Å². The highest BCUT2D eigenvalue weighted by Crippen LogP contribution is 2.48. The summed E-state index contributed by atoms with van der Waals surface area (Å²) in [4.78, 5) is 79.7. The molecule has 1 aliphatic carbocycles. The minimum absolute atomic E-state index is 0. The van der Waals surface area contributed by atoms with Crippen molar-refractivity contribution in [1.82, 2.24) is 29.4 Å². The highest BCUT2D eigenvalue weighted by molar-refractivity contribution is 5.95. The standard InChI is InChI=1S/C73H83F7N8O8.3ClH/c1-82(34-12-20-65(89)84(3)42-43-86-37-29-60(30-38-86)96-69(93)81-63-19-11-9-17-61(63)51-14-6-5-7-15-51)59-27-21-52(22-28-59)67(91)85(4)36-13-35-83(2)66(90)48-94-64-46-53-16-8-10-18-62(53)70(64)31-39-87(40-32-70)41-33-71(55-23-25-58(74)26-24-55)49-88(50-95-71)68(92)54-44-56(72(75,76)77)47-57(45-54)73(78,79)80;;;/h5-11,14-19,21-28,44-45,47,60,64H,12-13,20,29-43,46,48-50H2,1-4H3,(H,81,93);3*1H/t64-,71-;;;/m0.../s1. The van der Waals surface area contributed by atoms with E-state index in [9.17, 15) is 54.7 Å². The van der Waals surface area contributed by atoms with Crippen LogP contribution in [0.1, 0.15) is 99.9 Å². The number of alkyl halides is 6. The van der Waals surface area contributed by atoms with Crippen molar-refractivity contribution in [3.8, 4) is 11.1 Å². The first-order valence-electron chi connectivity index (χ1n) is 32.7. The number of anilines is 2. The smallest absolute Gasteiger partial charge is 0.416 e. The first kappa shape index (κ1) is 78.8. The first-order chi connectivity index (χ1) is 45.9. The second-order valence-corrected chi connectivity index (χ2v) is 25.7. The Hall–Kier alpha value is -7.51. The minimum Gasteiger partial charge on any atom is -0.446 e. The number of likely N-dealkylation sites (tertiary alicyclic amines) is 2. The molecule has 3 heterocycles. The Morgan fingerprint density at radius 3 is 1.91 bits per heavy atom. The van der Waals surface area contributed by atoms with E-state index in [0.717, 1.165) is 52.5 Å². The molecule has 5 amide bonds. The summed E-state index contributed by atoms with van der Waals surface area (Å²) in [5.74, 6) is -1.90. The maximum Gasteiger partial charge on any atom is 0.416 e. The monoisotopic (exact) mass is 1440 g/mol. The molecule has 0 aromatic heterocycles. The second kappa shape index (κ2) is 34.7. The van der Waals surface area contributed by atoms with E-state index in [1.807, 2.05) is 93.0 Å². The maximum absolute atomic E-state index is 14.2. The van der Waals surface area contributed by atoms with Gasteiger partial charge in [0.25, 0.3) is 11.8 Å². The molecule has 16 nitrogen and oxygen atoms in total. The third-order valence-electron chi connectivity index (χ3n) is 19.4. The van der Waals surface area contributed by atoms with Crippen molar-refractivity contribution in [1.29, 1.82) is 0 Å². The Balaban J connectivity index is 0.00000459. The zero-order valence-corrected chi connectivity index (χ0v) is 58.3. The zero-order chi connectivity index (χ0) is 68.4. The van der Waals surface area contributed by atoms with Crippen LogP contribution in [-0.4, -0.2) is 185 Å². The lowest BCUT2D eigenvalue weighted by Crippen LogP contribution is -2.50. The minimum atomic E-state index is -5.15. The van der Waals surface area contributed by atoms with Gasteiger partial charge in [-0.25, -0.2) is 9.18 Å². The van der Waals surface area contributed by atoms with Crippen LogP contribution in [0.3, 0.4) is 0 Å². The highest BCUT2D eigenvalue weighted by atomic mass is 35.5. The van der Waals surface area contributed by atoms with Crippen molar-refractivity contribution in [3.63, 3.8) is 0 Å². The largest absolute Gasteiger partial charge is 0.446 e. The predicted octanol–water partition coefficient (Wildman–Crippen LogP) is 13.5. The highest BCUT2D eigenvalue weighted by Gasteiger charge is 2.50. The SMILES string of the molecule is CN(CCN1CCC(OC(=O)Nc2ccccc2-c2ccccc2)CC1)C(=O)CCCN(C)c1ccc(C(=O)N(C)CCCN(C)C(=O)CO[C@H]2Cc3ccccc3C23CCN(CC[C@@]2(c4ccc(F)cc4)CN(C(=O)c4cc(C(F)(F)F)cc(C(F)(F)F)c4)CO2)CC3)cc1.Cl.Cl.Cl. The molecule has 2 atom stereocenters. The summed E-state index contributed by atoms with van der Waals surface area (Å²) in [5.41, 5.74) is 1.16. The number of piperidine rings is 2. The van der Waals surface area contributed by atoms with Crippen molar-refractivity contribution >= 4 is 78.3 Å². The van der Waals surface area contributed by atoms with Gasteiger partial charge in [-0.05, 0) is 147 Å². The zero-order valence-electron chi connectivity index (χ0n) is 55.8. The quantitative estimate of drug-likeness (QED) is 0.0578. The van der Waals surface area contributed by atoms with Crippen LogP contribution >= 0.6 is 37.2 Å². The van der Waals surface area contributed by atoms with E-state index in [1.165, 1.54) is 24.3 Å². The number of para-hydroxylation sites is 1. The van der Waals surface area contributed by atoms with Gasteiger partial charge in [-0.1, -0.05) is 84.9 Å². The van der Waals surface area contributed by atoms with Gasteiger partial charge in [-0.15, -0.1) is 37.2 Å². The number of rotatable bonds is 24. The number of carbonyl (C=O) groups is 5. The molecule has 536 valence electrons. The van der Waals surface area contributed by atoms with E-state index in [4.69, 9.17) is 14.2 Å². The third-order valence-corrected chi connectivity index (χ3v) is 19.4. The van der Waals surface area contributed by atoms with E-state index in [2.05, 4.69) is 32.1 Å². The van der Waals surface area contributed by atoms with E-state index >= 15 is 0 Å². The molecule has 0 unspecified atom stereocenters. The van der Waals surface area contributed by atoms with Crippen molar-refractivity contribution < 1.29 is 68.9 Å². The number of ether oxygens (including phenoxy) is 3. The molecule has 1 N–H and O–H groups in total. The summed E-state index contributed by atoms with van der Waals surface area (Å²) >= 11 is 0. The molecule has 10 rings (SSSR count). The maximum atomic E-state index is 14.2. The van der Waals surface area contributed by atoms with Crippen molar-refractivity contribution in [2.75, 3.05) is 124 Å². The fraction of sp³-hybridized carbons (Fsp3) is 0.438. The normalized spacial score (nSPS) is 17.7. The van der Waals surface area contributed by atoms with Crippen molar-refractivity contribution in [3.05, 3.63) is 190 Å². The number of benzene rings is 6. The Kier molecular flexibility index (Phi) is 27.6. The summed E-state index contributed by atoms with van der Waals surface area (Å²) in [5, 5.41) is 2.93. The predicted molar refractivity (Wildman–Crippen MR) is 372 cm³/mol. The van der Waals surface area contributed by atoms with Gasteiger partial charge in [0.15, 0.2) is 0 Å². The summed E-state index contributed by atoms with van der Waals surface area (Å²) in [6.07, 6.45) is -6.08. The Labute approximate surface area is 592 Å². The molecular weight excluding hydrogens is 1360 g/mol. The van der Waals surface area contributed by atoms with E-state index in [1.54, 1.807) is 40.9 Å².